The van der Waals surface area contributed by atoms with Gasteiger partial charge in [0, 0.05) is 16.8 Å². The number of hydrogen-bond donors (Lipinski definition) is 1. The van der Waals surface area contributed by atoms with Gasteiger partial charge in [-0.05, 0) is 17.7 Å². The lowest BCUT2D eigenvalue weighted by Gasteiger charge is -2.16. The van der Waals surface area contributed by atoms with Crippen LogP contribution in [0.25, 0.3) is 0 Å². The van der Waals surface area contributed by atoms with Crippen molar-refractivity contribution in [2.45, 2.75) is 17.7 Å². The number of nitrogen functional groups attached to an aromatic ring is 1. The molecular formula is C13H13N3O2S. The largest absolute Gasteiger partial charge is 0.383 e. The van der Waals surface area contributed by atoms with Crippen molar-refractivity contribution in [1.82, 2.24) is 9.55 Å². The number of ether oxygens (including phenoxy) is 1. The second-order valence-electron chi connectivity index (χ2n) is 4.23. The highest BCUT2D eigenvalue weighted by Crippen LogP contribution is 2.31. The predicted molar refractivity (Wildman–Crippen MR) is 73.9 cm³/mol. The molecule has 1 atom stereocenters. The van der Waals surface area contributed by atoms with E-state index < -0.39 is 0 Å². The number of anilines is 1. The van der Waals surface area contributed by atoms with Crippen molar-refractivity contribution in [3.05, 3.63) is 52.6 Å². The van der Waals surface area contributed by atoms with E-state index in [4.69, 9.17) is 10.5 Å². The number of rotatable bonds is 1. The van der Waals surface area contributed by atoms with Gasteiger partial charge in [0.05, 0.1) is 6.61 Å². The van der Waals surface area contributed by atoms with Gasteiger partial charge >= 0.3 is 5.69 Å². The fraction of sp³-hybridized carbons (Fsp3) is 0.231. The molecule has 2 heterocycles. The van der Waals surface area contributed by atoms with Gasteiger partial charge in [-0.3, -0.25) is 4.57 Å². The Hall–Kier alpha value is -1.79. The summed E-state index contributed by atoms with van der Waals surface area (Å²) in [6.45, 7) is 0.491. The van der Waals surface area contributed by atoms with E-state index in [1.807, 2.05) is 18.2 Å². The van der Waals surface area contributed by atoms with E-state index in [-0.39, 0.29) is 17.7 Å². The van der Waals surface area contributed by atoms with Crippen molar-refractivity contribution in [1.29, 1.82) is 0 Å². The normalized spacial score (nSPS) is 18.6. The molecule has 6 heteroatoms. The minimum absolute atomic E-state index is 0.228. The number of fused-ring (bicyclic) bond motifs is 1. The quantitative estimate of drug-likeness (QED) is 0.857. The van der Waals surface area contributed by atoms with Crippen LogP contribution in [0.15, 0.2) is 46.2 Å². The van der Waals surface area contributed by atoms with Crippen LogP contribution >= 0.6 is 11.8 Å². The zero-order valence-corrected chi connectivity index (χ0v) is 11.0. The molecule has 0 aliphatic carbocycles. The molecule has 1 unspecified atom stereocenters. The Morgan fingerprint density at radius 1 is 1.37 bits per heavy atom. The van der Waals surface area contributed by atoms with Crippen molar-refractivity contribution in [2.24, 2.45) is 0 Å². The van der Waals surface area contributed by atoms with Crippen molar-refractivity contribution in [2.75, 3.05) is 11.5 Å². The van der Waals surface area contributed by atoms with E-state index in [9.17, 15) is 4.79 Å². The predicted octanol–water partition coefficient (Wildman–Crippen LogP) is 1.65. The summed E-state index contributed by atoms with van der Waals surface area (Å²) in [5, 5.41) is 0. The third-order valence-corrected chi connectivity index (χ3v) is 4.11. The SMILES string of the molecule is Nc1ccn(C2CSc3ccccc3CO2)c(=O)n1. The second kappa shape index (κ2) is 5.07. The molecular weight excluding hydrogens is 262 g/mol. The lowest BCUT2D eigenvalue weighted by Crippen LogP contribution is -2.29. The van der Waals surface area contributed by atoms with Crippen LogP contribution in [-0.2, 0) is 11.3 Å². The number of nitrogens with two attached hydrogens (primary N) is 1. The smallest absolute Gasteiger partial charge is 0.351 e. The van der Waals surface area contributed by atoms with Crippen LogP contribution in [-0.4, -0.2) is 15.3 Å². The van der Waals surface area contributed by atoms with Crippen LogP contribution in [0.1, 0.15) is 11.8 Å². The summed E-state index contributed by atoms with van der Waals surface area (Å²) in [6.07, 6.45) is 1.31. The Bertz CT molecular complexity index is 629. The van der Waals surface area contributed by atoms with Crippen LogP contribution in [0.3, 0.4) is 0 Å². The third-order valence-electron chi connectivity index (χ3n) is 2.95. The Labute approximate surface area is 114 Å². The number of aromatic nitrogens is 2. The van der Waals surface area contributed by atoms with E-state index in [1.165, 1.54) is 9.46 Å². The molecule has 1 aliphatic rings. The first-order chi connectivity index (χ1) is 9.24. The standard InChI is InChI=1S/C13H13N3O2S/c14-11-5-6-16(13(17)15-11)12-8-19-10-4-2-1-3-9(10)7-18-12/h1-6,12H,7-8H2,(H2,14,15,17). The minimum Gasteiger partial charge on any atom is -0.383 e. The lowest BCUT2D eigenvalue weighted by atomic mass is 10.2. The molecule has 1 aromatic carbocycles. The summed E-state index contributed by atoms with van der Waals surface area (Å²) in [5.41, 5.74) is 6.25. The molecule has 0 radical (unpaired) electrons. The summed E-state index contributed by atoms with van der Waals surface area (Å²) in [4.78, 5) is 16.7. The topological polar surface area (TPSA) is 70.1 Å². The molecule has 0 amide bonds. The summed E-state index contributed by atoms with van der Waals surface area (Å²) in [5.74, 6) is 0.897. The zero-order chi connectivity index (χ0) is 13.2. The van der Waals surface area contributed by atoms with Crippen molar-refractivity contribution in [3.8, 4) is 0 Å². The first-order valence-electron chi connectivity index (χ1n) is 5.91. The van der Waals surface area contributed by atoms with E-state index >= 15 is 0 Å². The van der Waals surface area contributed by atoms with Gasteiger partial charge in [0.25, 0.3) is 0 Å². The summed E-state index contributed by atoms with van der Waals surface area (Å²) in [7, 11) is 0. The highest BCUT2D eigenvalue weighted by Gasteiger charge is 2.19. The monoisotopic (exact) mass is 275 g/mol. The molecule has 2 aromatic rings. The van der Waals surface area contributed by atoms with E-state index in [2.05, 4.69) is 11.1 Å². The van der Waals surface area contributed by atoms with Gasteiger partial charge in [-0.1, -0.05) is 18.2 Å². The molecule has 1 aliphatic heterocycles. The van der Waals surface area contributed by atoms with Gasteiger partial charge in [0.2, 0.25) is 0 Å². The van der Waals surface area contributed by atoms with Gasteiger partial charge in [0.1, 0.15) is 12.0 Å². The molecule has 2 N–H and O–H groups in total. The second-order valence-corrected chi connectivity index (χ2v) is 5.29. The number of benzene rings is 1. The molecule has 5 nitrogen and oxygen atoms in total. The summed E-state index contributed by atoms with van der Waals surface area (Å²) >= 11 is 1.68. The molecule has 0 bridgehead atoms. The first-order valence-corrected chi connectivity index (χ1v) is 6.89. The fourth-order valence-corrected chi connectivity index (χ4v) is 3.03. The number of thioether (sulfide) groups is 1. The van der Waals surface area contributed by atoms with E-state index in [0.29, 0.717) is 12.4 Å². The van der Waals surface area contributed by atoms with Crippen LogP contribution in [0, 0.1) is 0 Å². The minimum atomic E-state index is -0.378. The molecule has 0 spiro atoms. The van der Waals surface area contributed by atoms with Gasteiger partial charge < -0.3 is 10.5 Å². The molecule has 0 saturated heterocycles. The van der Waals surface area contributed by atoms with Crippen LogP contribution in [0.5, 0.6) is 0 Å². The maximum Gasteiger partial charge on any atom is 0.351 e. The first kappa shape index (κ1) is 12.3. The van der Waals surface area contributed by atoms with Gasteiger partial charge in [-0.25, -0.2) is 4.79 Å². The molecule has 98 valence electrons. The lowest BCUT2D eigenvalue weighted by molar-refractivity contribution is 0.00537. The maximum atomic E-state index is 11.8. The number of nitrogens with zero attached hydrogens (tertiary/aromatic N) is 2. The van der Waals surface area contributed by atoms with E-state index in [1.54, 1.807) is 24.0 Å². The van der Waals surface area contributed by atoms with Crippen molar-refractivity contribution < 1.29 is 4.74 Å². The summed E-state index contributed by atoms with van der Waals surface area (Å²) < 4.78 is 7.28. The Balaban J connectivity index is 1.87. The average Bonchev–Trinajstić information content (AvgIpc) is 2.62. The summed E-state index contributed by atoms with van der Waals surface area (Å²) in [6, 6.07) is 9.70. The highest BCUT2D eigenvalue weighted by molar-refractivity contribution is 7.99. The molecule has 3 rings (SSSR count). The molecule has 0 saturated carbocycles. The van der Waals surface area contributed by atoms with Crippen molar-refractivity contribution >= 4 is 17.6 Å². The van der Waals surface area contributed by atoms with Gasteiger partial charge in [-0.15, -0.1) is 11.8 Å². The average molecular weight is 275 g/mol. The van der Waals surface area contributed by atoms with Crippen LogP contribution in [0.2, 0.25) is 0 Å². The number of hydrogen-bond acceptors (Lipinski definition) is 5. The zero-order valence-electron chi connectivity index (χ0n) is 10.2. The van der Waals surface area contributed by atoms with Gasteiger partial charge in [-0.2, -0.15) is 4.98 Å². The Morgan fingerprint density at radius 3 is 3.05 bits per heavy atom. The van der Waals surface area contributed by atoms with Crippen LogP contribution < -0.4 is 11.4 Å². The maximum absolute atomic E-state index is 11.8. The van der Waals surface area contributed by atoms with Gasteiger partial charge in [0.15, 0.2) is 0 Å². The third kappa shape index (κ3) is 2.50. The molecule has 0 fully saturated rings. The molecule has 1 aromatic heterocycles. The Kier molecular flexibility index (Phi) is 3.27. The molecule has 19 heavy (non-hydrogen) atoms. The Morgan fingerprint density at radius 2 is 2.21 bits per heavy atom. The van der Waals surface area contributed by atoms with E-state index in [0.717, 1.165) is 5.56 Å². The van der Waals surface area contributed by atoms with Crippen LogP contribution in [0.4, 0.5) is 5.82 Å². The van der Waals surface area contributed by atoms with Crippen molar-refractivity contribution in [3.63, 3.8) is 0 Å². The highest BCUT2D eigenvalue weighted by atomic mass is 32.2. The fourth-order valence-electron chi connectivity index (χ4n) is 1.96.